The first kappa shape index (κ1) is 30.9. The van der Waals surface area contributed by atoms with Gasteiger partial charge in [-0.05, 0) is 61.4 Å². The van der Waals surface area contributed by atoms with Crippen molar-refractivity contribution >= 4 is 28.7 Å². The molecule has 2 aromatic carbocycles. The molecule has 0 saturated heterocycles. The lowest BCUT2D eigenvalue weighted by Gasteiger charge is -2.29. The highest BCUT2D eigenvalue weighted by Crippen LogP contribution is 2.39. The summed E-state index contributed by atoms with van der Waals surface area (Å²) in [5.41, 5.74) is 2.24. The van der Waals surface area contributed by atoms with Crippen molar-refractivity contribution in [3.63, 3.8) is 0 Å². The number of aryl methyl sites for hydroxylation is 1. The number of alkyl halides is 1. The quantitative estimate of drug-likeness (QED) is 0.0785. The number of unbranched alkanes of at least 4 members (excludes halogenated alkanes) is 7. The van der Waals surface area contributed by atoms with Gasteiger partial charge in [-0.3, -0.25) is 9.18 Å². The summed E-state index contributed by atoms with van der Waals surface area (Å²) in [7, 11) is 1.22. The first-order valence-electron chi connectivity index (χ1n) is 14.1. The highest BCUT2D eigenvalue weighted by atomic mass is 32.2. The van der Waals surface area contributed by atoms with Gasteiger partial charge in [0.05, 0.1) is 19.2 Å². The molecule has 0 amide bonds. The number of fused-ring (bicyclic) bond motifs is 1. The lowest BCUT2D eigenvalue weighted by atomic mass is 9.95. The third-order valence-corrected chi connectivity index (χ3v) is 8.20. The molecule has 3 rings (SSSR count). The van der Waals surface area contributed by atoms with E-state index in [9.17, 15) is 19.1 Å². The van der Waals surface area contributed by atoms with E-state index in [-0.39, 0.29) is 16.8 Å². The van der Waals surface area contributed by atoms with Crippen LogP contribution < -0.4 is 5.43 Å². The molecule has 0 radical (unpaired) electrons. The normalized spacial score (nSPS) is 12.9. The first-order valence-corrected chi connectivity index (χ1v) is 14.9. The fourth-order valence-corrected chi connectivity index (χ4v) is 6.05. The summed E-state index contributed by atoms with van der Waals surface area (Å²) >= 11 is 1.28. The predicted octanol–water partition coefficient (Wildman–Crippen LogP) is 8.04. The molecule has 0 aliphatic rings. The van der Waals surface area contributed by atoms with Crippen molar-refractivity contribution < 1.29 is 23.4 Å². The number of methoxy groups -OCH3 is 1. The van der Waals surface area contributed by atoms with Gasteiger partial charge in [0.1, 0.15) is 10.5 Å². The van der Waals surface area contributed by atoms with Crippen LogP contribution in [0.5, 0.6) is 0 Å². The average molecular weight is 557 g/mol. The van der Waals surface area contributed by atoms with E-state index in [1.165, 1.54) is 63.0 Å². The van der Waals surface area contributed by atoms with E-state index in [0.717, 1.165) is 24.5 Å². The van der Waals surface area contributed by atoms with E-state index in [4.69, 9.17) is 9.15 Å². The molecule has 39 heavy (non-hydrogen) atoms. The van der Waals surface area contributed by atoms with E-state index >= 15 is 0 Å². The zero-order valence-electron chi connectivity index (χ0n) is 23.2. The average Bonchev–Trinajstić information content (AvgIpc) is 2.92. The molecule has 5 nitrogen and oxygen atoms in total. The topological polar surface area (TPSA) is 76.7 Å². The molecule has 0 aliphatic heterocycles. The Labute approximate surface area is 235 Å². The molecule has 3 aromatic rings. The maximum absolute atomic E-state index is 12.9. The van der Waals surface area contributed by atoms with Crippen molar-refractivity contribution in [3.05, 3.63) is 75.6 Å². The number of benzene rings is 2. The Morgan fingerprint density at radius 2 is 1.69 bits per heavy atom. The van der Waals surface area contributed by atoms with Crippen molar-refractivity contribution in [1.82, 2.24) is 0 Å². The predicted molar refractivity (Wildman–Crippen MR) is 156 cm³/mol. The fourth-order valence-electron chi connectivity index (χ4n) is 4.83. The lowest BCUT2D eigenvalue weighted by Crippen LogP contribution is -2.28. The van der Waals surface area contributed by atoms with Crippen LogP contribution in [0.15, 0.2) is 62.6 Å². The van der Waals surface area contributed by atoms with Gasteiger partial charge < -0.3 is 14.3 Å². The molecule has 0 unspecified atom stereocenters. The molecule has 0 aliphatic carbocycles. The van der Waals surface area contributed by atoms with E-state index < -0.39 is 17.6 Å². The molecule has 0 spiro atoms. The minimum absolute atomic E-state index is 0.172. The van der Waals surface area contributed by atoms with Gasteiger partial charge in [-0.2, -0.15) is 0 Å². The van der Waals surface area contributed by atoms with Crippen LogP contribution in [0.3, 0.4) is 0 Å². The van der Waals surface area contributed by atoms with Crippen LogP contribution in [-0.4, -0.2) is 29.8 Å². The van der Waals surface area contributed by atoms with Crippen LogP contribution >= 0.6 is 11.8 Å². The number of aliphatic hydroxyl groups is 1. The van der Waals surface area contributed by atoms with Crippen molar-refractivity contribution in [2.75, 3.05) is 13.8 Å². The Hall–Kier alpha value is -2.64. The summed E-state index contributed by atoms with van der Waals surface area (Å²) in [4.78, 5) is 23.9. The Kier molecular flexibility index (Phi) is 12.5. The van der Waals surface area contributed by atoms with Gasteiger partial charge in [-0.1, -0.05) is 81.5 Å². The molecule has 7 heteroatoms. The standard InChI is InChI=1S/C32H41FO5S/c1-3-4-5-6-7-8-9-14-24-15-10-11-16-25(24)23-32(36,19-12-13-20-33)39-26-17-18-27-28(34)22-30(31(35)37-2)38-29(27)21-26/h10-11,15-18,21-22,36H,3-9,12-14,19-20,23H2,1-2H3/t32-/m1/s1. The van der Waals surface area contributed by atoms with Crippen molar-refractivity contribution in [3.8, 4) is 0 Å². The number of halogens is 1. The molecule has 1 N–H and O–H groups in total. The Bertz CT molecular complexity index is 1260. The van der Waals surface area contributed by atoms with Crippen LogP contribution in [0.1, 0.15) is 92.8 Å². The lowest BCUT2D eigenvalue weighted by molar-refractivity contribution is 0.0565. The summed E-state index contributed by atoms with van der Waals surface area (Å²) < 4.78 is 23.3. The number of carbonyl (C=O) groups is 1. The van der Waals surface area contributed by atoms with Gasteiger partial charge >= 0.3 is 5.97 Å². The zero-order chi connectivity index (χ0) is 28.1. The zero-order valence-corrected chi connectivity index (χ0v) is 24.0. The number of hydrogen-bond donors (Lipinski definition) is 1. The summed E-state index contributed by atoms with van der Waals surface area (Å²) in [5.74, 6) is -0.901. The second kappa shape index (κ2) is 15.8. The van der Waals surface area contributed by atoms with Gasteiger partial charge in [0, 0.05) is 17.4 Å². The molecular formula is C32H41FO5S. The van der Waals surface area contributed by atoms with Crippen LogP contribution in [0.25, 0.3) is 11.0 Å². The van der Waals surface area contributed by atoms with Crippen molar-refractivity contribution in [2.24, 2.45) is 0 Å². The number of hydrogen-bond acceptors (Lipinski definition) is 6. The highest BCUT2D eigenvalue weighted by molar-refractivity contribution is 8.00. The minimum Gasteiger partial charge on any atom is -0.463 e. The monoisotopic (exact) mass is 556 g/mol. The van der Waals surface area contributed by atoms with E-state index in [0.29, 0.717) is 36.0 Å². The maximum Gasteiger partial charge on any atom is 0.374 e. The van der Waals surface area contributed by atoms with E-state index in [1.54, 1.807) is 18.2 Å². The highest BCUT2D eigenvalue weighted by Gasteiger charge is 2.29. The molecule has 212 valence electrons. The van der Waals surface area contributed by atoms with Crippen LogP contribution in [-0.2, 0) is 17.6 Å². The number of thioether (sulfide) groups is 1. The summed E-state index contributed by atoms with van der Waals surface area (Å²) in [6.07, 6.45) is 11.4. The molecule has 1 atom stereocenters. The second-order valence-electron chi connectivity index (χ2n) is 10.1. The molecular weight excluding hydrogens is 515 g/mol. The first-order chi connectivity index (χ1) is 18.9. The van der Waals surface area contributed by atoms with Gasteiger partial charge in [0.15, 0.2) is 5.43 Å². The molecule has 1 aromatic heterocycles. The van der Waals surface area contributed by atoms with E-state index in [1.807, 2.05) is 12.1 Å². The van der Waals surface area contributed by atoms with Gasteiger partial charge in [0.25, 0.3) is 0 Å². The van der Waals surface area contributed by atoms with E-state index in [2.05, 4.69) is 19.1 Å². The van der Waals surface area contributed by atoms with Crippen molar-refractivity contribution in [1.29, 1.82) is 0 Å². The summed E-state index contributed by atoms with van der Waals surface area (Å²) in [6.45, 7) is 1.81. The SMILES string of the molecule is CCCCCCCCCc1ccccc1C[C@@](O)(CCCCF)Sc1ccc2c(=O)cc(C(=O)OC)oc2c1. The fraction of sp³-hybridized carbons (Fsp3) is 0.500. The maximum atomic E-state index is 12.9. The van der Waals surface area contributed by atoms with Gasteiger partial charge in [0.2, 0.25) is 5.76 Å². The van der Waals surface area contributed by atoms with Crippen LogP contribution in [0.4, 0.5) is 4.39 Å². The third kappa shape index (κ3) is 9.50. The number of carbonyl (C=O) groups excluding carboxylic acids is 1. The molecule has 1 heterocycles. The Morgan fingerprint density at radius 3 is 2.41 bits per heavy atom. The minimum atomic E-state index is -1.18. The summed E-state index contributed by atoms with van der Waals surface area (Å²) in [5, 5.41) is 12.2. The van der Waals surface area contributed by atoms with Gasteiger partial charge in [-0.15, -0.1) is 0 Å². The number of rotatable bonds is 17. The van der Waals surface area contributed by atoms with Gasteiger partial charge in [-0.25, -0.2) is 4.79 Å². The smallest absolute Gasteiger partial charge is 0.374 e. The number of ether oxygens (including phenoxy) is 1. The summed E-state index contributed by atoms with van der Waals surface area (Å²) in [6, 6.07) is 14.4. The van der Waals surface area contributed by atoms with Crippen LogP contribution in [0, 0.1) is 0 Å². The van der Waals surface area contributed by atoms with Crippen molar-refractivity contribution in [2.45, 2.75) is 93.8 Å². The Balaban J connectivity index is 1.79. The second-order valence-corrected chi connectivity index (χ2v) is 11.6. The third-order valence-electron chi connectivity index (χ3n) is 6.98. The molecule has 0 fully saturated rings. The molecule has 0 saturated carbocycles. The van der Waals surface area contributed by atoms with Crippen LogP contribution in [0.2, 0.25) is 0 Å². The Morgan fingerprint density at radius 1 is 0.974 bits per heavy atom. The number of esters is 1. The molecule has 0 bridgehead atoms. The largest absolute Gasteiger partial charge is 0.463 e.